The number of rotatable bonds is 7. The van der Waals surface area contributed by atoms with Crippen LogP contribution in [0.4, 0.5) is 0 Å². The van der Waals surface area contributed by atoms with E-state index in [2.05, 4.69) is 0 Å². The molecule has 0 aromatic rings. The van der Waals surface area contributed by atoms with Crippen LogP contribution in [0.2, 0.25) is 0 Å². The molecule has 0 aromatic heterocycles. The number of hydrogen-bond donors (Lipinski definition) is 1. The molecule has 0 spiro atoms. The van der Waals surface area contributed by atoms with E-state index in [0.29, 0.717) is 5.75 Å². The minimum atomic E-state index is -0.902. The molecule has 0 aromatic carbocycles. The van der Waals surface area contributed by atoms with Crippen molar-refractivity contribution in [3.8, 4) is 0 Å². The first-order valence-electron chi connectivity index (χ1n) is 4.68. The normalized spacial score (nSPS) is 18.2. The van der Waals surface area contributed by atoms with Gasteiger partial charge in [0.05, 0.1) is 10.8 Å². The number of aliphatic hydroxyl groups excluding tert-OH is 1. The molecule has 0 bridgehead atoms. The van der Waals surface area contributed by atoms with Crippen LogP contribution in [-0.4, -0.2) is 34.2 Å². The fraction of sp³-hybridized carbons (Fsp3) is 1.00. The highest BCUT2D eigenvalue weighted by molar-refractivity contribution is 7.85. The van der Waals surface area contributed by atoms with Crippen molar-refractivity contribution in [1.82, 2.24) is 0 Å². The molecule has 3 atom stereocenters. The average Bonchev–Trinajstić information content (AvgIpc) is 2.15. The molecule has 0 saturated heterocycles. The molecule has 0 amide bonds. The second-order valence-corrected chi connectivity index (χ2v) is 4.92. The molecule has 0 saturated carbocycles. The number of methoxy groups -OCH3 is 1. The standard InChI is InChI=1S/C9H20O3S/c1-4-13(11)9(12-3)8(2)6-5-7-10/h8-10H,4-7H2,1-3H3. The first-order valence-corrected chi connectivity index (χ1v) is 6.06. The van der Waals surface area contributed by atoms with Crippen molar-refractivity contribution < 1.29 is 14.1 Å². The van der Waals surface area contributed by atoms with Gasteiger partial charge >= 0.3 is 0 Å². The van der Waals surface area contributed by atoms with Gasteiger partial charge in [-0.2, -0.15) is 0 Å². The van der Waals surface area contributed by atoms with Gasteiger partial charge in [-0.25, -0.2) is 0 Å². The van der Waals surface area contributed by atoms with Crippen molar-refractivity contribution in [2.24, 2.45) is 5.92 Å². The largest absolute Gasteiger partial charge is 0.396 e. The van der Waals surface area contributed by atoms with Gasteiger partial charge in [-0.3, -0.25) is 4.21 Å². The molecule has 0 radical (unpaired) electrons. The zero-order chi connectivity index (χ0) is 10.3. The fourth-order valence-corrected chi connectivity index (χ4v) is 2.51. The van der Waals surface area contributed by atoms with Crippen molar-refractivity contribution in [3.05, 3.63) is 0 Å². The number of aliphatic hydroxyl groups is 1. The van der Waals surface area contributed by atoms with Gasteiger partial charge in [-0.05, 0) is 18.8 Å². The van der Waals surface area contributed by atoms with Crippen molar-refractivity contribution in [2.75, 3.05) is 19.5 Å². The highest BCUT2D eigenvalue weighted by Gasteiger charge is 2.21. The Hall–Kier alpha value is 0.0700. The van der Waals surface area contributed by atoms with Crippen LogP contribution in [0.15, 0.2) is 0 Å². The van der Waals surface area contributed by atoms with Crippen LogP contribution < -0.4 is 0 Å². The summed E-state index contributed by atoms with van der Waals surface area (Å²) in [6, 6.07) is 0. The predicted octanol–water partition coefficient (Wildman–Crippen LogP) is 1.14. The zero-order valence-corrected chi connectivity index (χ0v) is 9.47. The molecule has 0 aliphatic heterocycles. The lowest BCUT2D eigenvalue weighted by molar-refractivity contribution is 0.117. The highest BCUT2D eigenvalue weighted by atomic mass is 32.2. The third kappa shape index (κ3) is 4.74. The summed E-state index contributed by atoms with van der Waals surface area (Å²) in [7, 11) is 0.689. The van der Waals surface area contributed by atoms with Crippen LogP contribution in [-0.2, 0) is 15.5 Å². The fourth-order valence-electron chi connectivity index (χ4n) is 1.31. The average molecular weight is 208 g/mol. The lowest BCUT2D eigenvalue weighted by Crippen LogP contribution is -2.27. The summed E-state index contributed by atoms with van der Waals surface area (Å²) in [5.41, 5.74) is -0.184. The van der Waals surface area contributed by atoms with Crippen molar-refractivity contribution >= 4 is 10.8 Å². The van der Waals surface area contributed by atoms with E-state index in [-0.39, 0.29) is 18.0 Å². The molecule has 0 rings (SSSR count). The van der Waals surface area contributed by atoms with Gasteiger partial charge in [0.15, 0.2) is 0 Å². The topological polar surface area (TPSA) is 46.5 Å². The van der Waals surface area contributed by atoms with Gasteiger partial charge in [0.1, 0.15) is 5.44 Å². The van der Waals surface area contributed by atoms with E-state index < -0.39 is 10.8 Å². The SMILES string of the molecule is CCS(=O)C(OC)C(C)CCCO. The Kier molecular flexibility index (Phi) is 7.51. The highest BCUT2D eigenvalue weighted by Crippen LogP contribution is 2.16. The second kappa shape index (κ2) is 7.47. The van der Waals surface area contributed by atoms with Crippen LogP contribution in [0.5, 0.6) is 0 Å². The summed E-state index contributed by atoms with van der Waals surface area (Å²) < 4.78 is 16.7. The summed E-state index contributed by atoms with van der Waals surface area (Å²) in [5.74, 6) is 0.875. The van der Waals surface area contributed by atoms with Gasteiger partial charge in [0.2, 0.25) is 0 Å². The summed E-state index contributed by atoms with van der Waals surface area (Å²) >= 11 is 0. The molecule has 0 fully saturated rings. The van der Waals surface area contributed by atoms with Crippen LogP contribution >= 0.6 is 0 Å². The third-order valence-electron chi connectivity index (χ3n) is 2.06. The molecule has 3 unspecified atom stereocenters. The maximum Gasteiger partial charge on any atom is 0.134 e. The molecular weight excluding hydrogens is 188 g/mol. The number of ether oxygens (including phenoxy) is 1. The number of hydrogen-bond acceptors (Lipinski definition) is 3. The molecule has 0 aliphatic carbocycles. The van der Waals surface area contributed by atoms with Gasteiger partial charge in [0.25, 0.3) is 0 Å². The molecular formula is C9H20O3S. The van der Waals surface area contributed by atoms with E-state index in [1.165, 1.54) is 0 Å². The molecule has 0 aliphatic rings. The van der Waals surface area contributed by atoms with Crippen LogP contribution in [0.3, 0.4) is 0 Å². The van der Waals surface area contributed by atoms with Crippen LogP contribution in [0.1, 0.15) is 26.7 Å². The van der Waals surface area contributed by atoms with E-state index in [1.54, 1.807) is 7.11 Å². The van der Waals surface area contributed by atoms with E-state index >= 15 is 0 Å². The van der Waals surface area contributed by atoms with Gasteiger partial charge in [0, 0.05) is 19.5 Å². The van der Waals surface area contributed by atoms with Crippen molar-refractivity contribution in [3.63, 3.8) is 0 Å². The second-order valence-electron chi connectivity index (χ2n) is 3.12. The Balaban J connectivity index is 3.98. The third-order valence-corrected chi connectivity index (χ3v) is 3.80. The van der Waals surface area contributed by atoms with E-state index in [0.717, 1.165) is 12.8 Å². The first-order chi connectivity index (χ1) is 6.17. The maximum absolute atomic E-state index is 11.5. The van der Waals surface area contributed by atoms with E-state index in [9.17, 15) is 4.21 Å². The molecule has 3 nitrogen and oxygen atoms in total. The predicted molar refractivity (Wildman–Crippen MR) is 55.0 cm³/mol. The van der Waals surface area contributed by atoms with E-state index in [1.807, 2.05) is 13.8 Å². The van der Waals surface area contributed by atoms with Crippen molar-refractivity contribution in [1.29, 1.82) is 0 Å². The molecule has 80 valence electrons. The minimum absolute atomic E-state index is 0.184. The van der Waals surface area contributed by atoms with E-state index in [4.69, 9.17) is 9.84 Å². The monoisotopic (exact) mass is 208 g/mol. The Morgan fingerprint density at radius 2 is 2.15 bits per heavy atom. The summed E-state index contributed by atoms with van der Waals surface area (Å²) in [4.78, 5) is 0. The van der Waals surface area contributed by atoms with Gasteiger partial charge in [-0.1, -0.05) is 13.8 Å². The molecule has 0 heterocycles. The summed E-state index contributed by atoms with van der Waals surface area (Å²) in [6.07, 6.45) is 1.61. The first kappa shape index (κ1) is 13.1. The molecule has 4 heteroatoms. The molecule has 1 N–H and O–H groups in total. The van der Waals surface area contributed by atoms with Crippen LogP contribution in [0, 0.1) is 5.92 Å². The van der Waals surface area contributed by atoms with Gasteiger partial charge in [-0.15, -0.1) is 0 Å². The Morgan fingerprint density at radius 1 is 1.54 bits per heavy atom. The zero-order valence-electron chi connectivity index (χ0n) is 8.66. The Morgan fingerprint density at radius 3 is 2.54 bits per heavy atom. The van der Waals surface area contributed by atoms with Crippen molar-refractivity contribution in [2.45, 2.75) is 32.1 Å². The molecule has 13 heavy (non-hydrogen) atoms. The van der Waals surface area contributed by atoms with Crippen LogP contribution in [0.25, 0.3) is 0 Å². The smallest absolute Gasteiger partial charge is 0.134 e. The quantitative estimate of drug-likeness (QED) is 0.682. The maximum atomic E-state index is 11.5. The minimum Gasteiger partial charge on any atom is -0.396 e. The lowest BCUT2D eigenvalue weighted by atomic mass is 10.1. The summed E-state index contributed by atoms with van der Waals surface area (Å²) in [6.45, 7) is 4.10. The summed E-state index contributed by atoms with van der Waals surface area (Å²) in [5, 5.41) is 8.65. The van der Waals surface area contributed by atoms with Gasteiger partial charge < -0.3 is 9.84 Å². The Labute approximate surface area is 82.9 Å². The lowest BCUT2D eigenvalue weighted by Gasteiger charge is -2.20. The Bertz CT molecular complexity index is 150.